The summed E-state index contributed by atoms with van der Waals surface area (Å²) in [6.07, 6.45) is 6.34. The number of aromatic nitrogens is 2. The van der Waals surface area contributed by atoms with E-state index in [0.29, 0.717) is 17.7 Å². The van der Waals surface area contributed by atoms with Crippen molar-refractivity contribution in [1.29, 1.82) is 0 Å². The van der Waals surface area contributed by atoms with E-state index in [4.69, 9.17) is 5.11 Å². The Morgan fingerprint density at radius 1 is 1.47 bits per heavy atom. The van der Waals surface area contributed by atoms with Crippen LogP contribution in [0.1, 0.15) is 49.2 Å². The number of rotatable bonds is 5. The van der Waals surface area contributed by atoms with Crippen LogP contribution in [0.4, 0.5) is 0 Å². The quantitative estimate of drug-likeness (QED) is 0.882. The number of carboxylic acids is 1. The normalized spacial score (nSPS) is 18.6. The fraction of sp³-hybridized carbons (Fsp3) is 0.643. The van der Waals surface area contributed by atoms with E-state index in [1.54, 1.807) is 0 Å². The fourth-order valence-electron chi connectivity index (χ4n) is 2.86. The van der Waals surface area contributed by atoms with Gasteiger partial charge in [-0.25, -0.2) is 14.8 Å². The van der Waals surface area contributed by atoms with Crippen molar-refractivity contribution in [2.45, 2.75) is 39.7 Å². The summed E-state index contributed by atoms with van der Waals surface area (Å²) in [4.78, 5) is 21.4. The van der Waals surface area contributed by atoms with Crippen molar-refractivity contribution in [3.8, 4) is 0 Å². The zero-order chi connectivity index (χ0) is 13.9. The number of hydrogen-bond acceptors (Lipinski definition) is 4. The van der Waals surface area contributed by atoms with Gasteiger partial charge in [0.25, 0.3) is 0 Å². The Morgan fingerprint density at radius 2 is 2.21 bits per heavy atom. The molecule has 1 saturated heterocycles. The number of carboxylic acid groups (broad SMARTS) is 1. The molecule has 5 nitrogen and oxygen atoms in total. The van der Waals surface area contributed by atoms with E-state index < -0.39 is 5.97 Å². The first-order chi connectivity index (χ1) is 9.10. The fourth-order valence-corrected chi connectivity index (χ4v) is 2.86. The molecule has 0 aromatic carbocycles. The van der Waals surface area contributed by atoms with Crippen LogP contribution in [0.5, 0.6) is 0 Å². The molecule has 1 N–H and O–H groups in total. The second kappa shape index (κ2) is 5.65. The average molecular weight is 263 g/mol. The summed E-state index contributed by atoms with van der Waals surface area (Å²) in [5, 5.41) is 9.14. The minimum Gasteiger partial charge on any atom is -0.478 e. The highest BCUT2D eigenvalue weighted by Crippen LogP contribution is 2.37. The van der Waals surface area contributed by atoms with Crippen molar-refractivity contribution in [2.24, 2.45) is 5.41 Å². The summed E-state index contributed by atoms with van der Waals surface area (Å²) < 4.78 is 0. The monoisotopic (exact) mass is 263 g/mol. The van der Waals surface area contributed by atoms with E-state index >= 15 is 0 Å². The maximum absolute atomic E-state index is 11.1. The van der Waals surface area contributed by atoms with Crippen LogP contribution in [-0.2, 0) is 6.54 Å². The van der Waals surface area contributed by atoms with Crippen molar-refractivity contribution in [1.82, 2.24) is 14.9 Å². The standard InChI is InChI=1S/C14H21N3O2/c1-3-14(4-2)5-6-17(9-14)8-12-11(13(18)19)7-15-10-16-12/h7,10H,3-6,8-9H2,1-2H3,(H,18,19). The van der Waals surface area contributed by atoms with Crippen molar-refractivity contribution in [2.75, 3.05) is 13.1 Å². The molecule has 104 valence electrons. The summed E-state index contributed by atoms with van der Waals surface area (Å²) in [5.41, 5.74) is 1.23. The molecule has 0 radical (unpaired) electrons. The Labute approximate surface area is 113 Å². The Bertz CT molecular complexity index is 458. The molecule has 1 aromatic rings. The molecule has 2 rings (SSSR count). The predicted octanol–water partition coefficient (Wildman–Crippen LogP) is 2.19. The molecule has 19 heavy (non-hydrogen) atoms. The number of likely N-dealkylation sites (tertiary alicyclic amines) is 1. The van der Waals surface area contributed by atoms with Gasteiger partial charge >= 0.3 is 5.97 Å². The first kappa shape index (κ1) is 13.9. The molecule has 0 unspecified atom stereocenters. The zero-order valence-electron chi connectivity index (χ0n) is 11.6. The zero-order valence-corrected chi connectivity index (χ0v) is 11.6. The lowest BCUT2D eigenvalue weighted by Crippen LogP contribution is -2.27. The second-order valence-corrected chi connectivity index (χ2v) is 5.36. The van der Waals surface area contributed by atoms with Crippen LogP contribution in [-0.4, -0.2) is 39.0 Å². The summed E-state index contributed by atoms with van der Waals surface area (Å²) in [6, 6.07) is 0. The third-order valence-electron chi connectivity index (χ3n) is 4.42. The topological polar surface area (TPSA) is 66.3 Å². The van der Waals surface area contributed by atoms with E-state index in [0.717, 1.165) is 13.1 Å². The number of nitrogens with zero attached hydrogens (tertiary/aromatic N) is 3. The van der Waals surface area contributed by atoms with E-state index in [9.17, 15) is 4.79 Å². The van der Waals surface area contributed by atoms with E-state index in [1.165, 1.54) is 31.8 Å². The van der Waals surface area contributed by atoms with Gasteiger partial charge in [0.05, 0.1) is 5.69 Å². The van der Waals surface area contributed by atoms with Gasteiger partial charge in [-0.1, -0.05) is 13.8 Å². The van der Waals surface area contributed by atoms with Gasteiger partial charge in [-0.15, -0.1) is 0 Å². The van der Waals surface area contributed by atoms with Gasteiger partial charge in [-0.3, -0.25) is 4.90 Å². The van der Waals surface area contributed by atoms with E-state index in [1.807, 2.05) is 0 Å². The summed E-state index contributed by atoms with van der Waals surface area (Å²) in [5.74, 6) is -0.952. The van der Waals surface area contributed by atoms with Crippen LogP contribution in [0.3, 0.4) is 0 Å². The maximum Gasteiger partial charge on any atom is 0.339 e. The lowest BCUT2D eigenvalue weighted by molar-refractivity contribution is 0.0693. The largest absolute Gasteiger partial charge is 0.478 e. The molecular weight excluding hydrogens is 242 g/mol. The predicted molar refractivity (Wildman–Crippen MR) is 71.9 cm³/mol. The van der Waals surface area contributed by atoms with Gasteiger partial charge in [0, 0.05) is 19.3 Å². The van der Waals surface area contributed by atoms with Gasteiger partial charge in [-0.05, 0) is 31.2 Å². The molecule has 5 heteroatoms. The molecule has 0 aliphatic carbocycles. The highest BCUT2D eigenvalue weighted by atomic mass is 16.4. The molecule has 0 saturated carbocycles. The summed E-state index contributed by atoms with van der Waals surface area (Å²) in [6.45, 7) is 7.13. The number of carbonyl (C=O) groups is 1. The number of aromatic carboxylic acids is 1. The molecule has 1 aliphatic rings. The Hall–Kier alpha value is -1.49. The van der Waals surface area contributed by atoms with Crippen LogP contribution in [0.2, 0.25) is 0 Å². The molecule has 2 heterocycles. The van der Waals surface area contributed by atoms with Gasteiger partial charge in [0.2, 0.25) is 0 Å². The molecule has 0 amide bonds. The Morgan fingerprint density at radius 3 is 2.79 bits per heavy atom. The minimum absolute atomic E-state index is 0.216. The first-order valence-electron chi connectivity index (χ1n) is 6.85. The molecular formula is C14H21N3O2. The van der Waals surface area contributed by atoms with Gasteiger partial charge in [0.1, 0.15) is 11.9 Å². The van der Waals surface area contributed by atoms with Crippen molar-refractivity contribution in [3.63, 3.8) is 0 Å². The smallest absolute Gasteiger partial charge is 0.339 e. The molecule has 0 spiro atoms. The third-order valence-corrected chi connectivity index (χ3v) is 4.42. The SMILES string of the molecule is CCC1(CC)CCN(Cc2ncncc2C(=O)O)C1. The summed E-state index contributed by atoms with van der Waals surface area (Å²) in [7, 11) is 0. The third kappa shape index (κ3) is 2.92. The van der Waals surface area contributed by atoms with Crippen molar-refractivity contribution < 1.29 is 9.90 Å². The second-order valence-electron chi connectivity index (χ2n) is 5.36. The van der Waals surface area contributed by atoms with E-state index in [2.05, 4.69) is 28.7 Å². The lowest BCUT2D eigenvalue weighted by Gasteiger charge is -2.26. The first-order valence-corrected chi connectivity index (χ1v) is 6.85. The van der Waals surface area contributed by atoms with Crippen LogP contribution >= 0.6 is 0 Å². The molecule has 0 atom stereocenters. The summed E-state index contributed by atoms with van der Waals surface area (Å²) >= 11 is 0. The van der Waals surface area contributed by atoms with Crippen LogP contribution in [0.25, 0.3) is 0 Å². The highest BCUT2D eigenvalue weighted by Gasteiger charge is 2.35. The van der Waals surface area contributed by atoms with Crippen molar-refractivity contribution >= 4 is 5.97 Å². The molecule has 0 bridgehead atoms. The van der Waals surface area contributed by atoms with Gasteiger partial charge in [-0.2, -0.15) is 0 Å². The van der Waals surface area contributed by atoms with Crippen LogP contribution in [0, 0.1) is 5.41 Å². The molecule has 1 aromatic heterocycles. The lowest BCUT2D eigenvalue weighted by atomic mass is 9.82. The maximum atomic E-state index is 11.1. The molecule has 1 fully saturated rings. The Balaban J connectivity index is 2.09. The van der Waals surface area contributed by atoms with Crippen molar-refractivity contribution in [3.05, 3.63) is 23.8 Å². The average Bonchev–Trinajstić information content (AvgIpc) is 2.83. The van der Waals surface area contributed by atoms with Gasteiger partial charge in [0.15, 0.2) is 0 Å². The Kier molecular flexibility index (Phi) is 4.14. The highest BCUT2D eigenvalue weighted by molar-refractivity contribution is 5.88. The minimum atomic E-state index is -0.952. The van der Waals surface area contributed by atoms with Crippen LogP contribution in [0.15, 0.2) is 12.5 Å². The van der Waals surface area contributed by atoms with E-state index in [-0.39, 0.29) is 5.56 Å². The molecule has 1 aliphatic heterocycles. The number of hydrogen-bond donors (Lipinski definition) is 1. The van der Waals surface area contributed by atoms with Gasteiger partial charge < -0.3 is 5.11 Å². The van der Waals surface area contributed by atoms with Crippen LogP contribution < -0.4 is 0 Å².